The minimum Gasteiger partial charge on any atom is -0.366 e. The Morgan fingerprint density at radius 3 is 2.82 bits per heavy atom. The van der Waals surface area contributed by atoms with Crippen molar-refractivity contribution < 1.29 is 4.79 Å². The highest BCUT2D eigenvalue weighted by molar-refractivity contribution is 7.07. The third-order valence-electron chi connectivity index (χ3n) is 4.14. The average molecular weight is 315 g/mol. The number of nitrogens with one attached hydrogen (secondary N) is 1. The molecule has 1 saturated heterocycles. The Bertz CT molecular complexity index is 601. The SMILES string of the molecule is CC1CCN(C(=O)c2ccc(NCc3ccsc3)nc2)CC1. The Morgan fingerprint density at radius 2 is 2.18 bits per heavy atom. The molecule has 1 aliphatic heterocycles. The van der Waals surface area contributed by atoms with E-state index >= 15 is 0 Å². The summed E-state index contributed by atoms with van der Waals surface area (Å²) in [5.41, 5.74) is 1.92. The second-order valence-electron chi connectivity index (χ2n) is 5.89. The topological polar surface area (TPSA) is 45.2 Å². The first-order valence-corrected chi connectivity index (χ1v) is 8.67. The number of amides is 1. The van der Waals surface area contributed by atoms with E-state index in [2.05, 4.69) is 34.1 Å². The summed E-state index contributed by atoms with van der Waals surface area (Å²) in [7, 11) is 0. The first kappa shape index (κ1) is 15.0. The van der Waals surface area contributed by atoms with Gasteiger partial charge in [-0.2, -0.15) is 11.3 Å². The maximum Gasteiger partial charge on any atom is 0.255 e. The highest BCUT2D eigenvalue weighted by atomic mass is 32.1. The number of rotatable bonds is 4. The van der Waals surface area contributed by atoms with Crippen LogP contribution in [0, 0.1) is 5.92 Å². The molecule has 5 heteroatoms. The van der Waals surface area contributed by atoms with Gasteiger partial charge in [-0.25, -0.2) is 4.98 Å². The normalized spacial score (nSPS) is 15.8. The zero-order valence-electron chi connectivity index (χ0n) is 12.8. The Kier molecular flexibility index (Phi) is 4.73. The second-order valence-corrected chi connectivity index (χ2v) is 6.67. The van der Waals surface area contributed by atoms with Gasteiger partial charge in [0.1, 0.15) is 5.82 Å². The van der Waals surface area contributed by atoms with Gasteiger partial charge in [-0.1, -0.05) is 6.92 Å². The largest absolute Gasteiger partial charge is 0.366 e. The monoisotopic (exact) mass is 315 g/mol. The first-order valence-electron chi connectivity index (χ1n) is 7.72. The van der Waals surface area contributed by atoms with E-state index in [0.29, 0.717) is 5.56 Å². The van der Waals surface area contributed by atoms with E-state index in [0.717, 1.165) is 44.2 Å². The van der Waals surface area contributed by atoms with E-state index < -0.39 is 0 Å². The minimum atomic E-state index is 0.101. The molecular weight excluding hydrogens is 294 g/mol. The van der Waals surface area contributed by atoms with Gasteiger partial charge in [0.05, 0.1) is 5.56 Å². The summed E-state index contributed by atoms with van der Waals surface area (Å²) in [4.78, 5) is 18.7. The van der Waals surface area contributed by atoms with Crippen molar-refractivity contribution in [1.82, 2.24) is 9.88 Å². The maximum atomic E-state index is 12.4. The molecule has 2 aromatic heterocycles. The number of carbonyl (C=O) groups excluding carboxylic acids is 1. The van der Waals surface area contributed by atoms with Crippen LogP contribution in [0.25, 0.3) is 0 Å². The van der Waals surface area contributed by atoms with Crippen LogP contribution in [0.5, 0.6) is 0 Å². The lowest BCUT2D eigenvalue weighted by Crippen LogP contribution is -2.37. The van der Waals surface area contributed by atoms with Crippen molar-refractivity contribution in [3.8, 4) is 0 Å². The summed E-state index contributed by atoms with van der Waals surface area (Å²) in [6.45, 7) is 4.72. The highest BCUT2D eigenvalue weighted by Crippen LogP contribution is 2.18. The van der Waals surface area contributed by atoms with Gasteiger partial charge in [0.25, 0.3) is 5.91 Å². The van der Waals surface area contributed by atoms with Gasteiger partial charge in [-0.3, -0.25) is 4.79 Å². The highest BCUT2D eigenvalue weighted by Gasteiger charge is 2.21. The number of anilines is 1. The van der Waals surface area contributed by atoms with Crippen molar-refractivity contribution in [2.24, 2.45) is 5.92 Å². The van der Waals surface area contributed by atoms with Gasteiger partial charge in [0.15, 0.2) is 0 Å². The van der Waals surface area contributed by atoms with Crippen molar-refractivity contribution in [2.75, 3.05) is 18.4 Å². The number of likely N-dealkylation sites (tertiary alicyclic amines) is 1. The number of hydrogen-bond acceptors (Lipinski definition) is 4. The van der Waals surface area contributed by atoms with Crippen LogP contribution >= 0.6 is 11.3 Å². The van der Waals surface area contributed by atoms with E-state index in [-0.39, 0.29) is 5.91 Å². The maximum absolute atomic E-state index is 12.4. The molecule has 22 heavy (non-hydrogen) atoms. The number of aromatic nitrogens is 1. The molecule has 3 rings (SSSR count). The third-order valence-corrected chi connectivity index (χ3v) is 4.87. The average Bonchev–Trinajstić information content (AvgIpc) is 3.07. The molecule has 0 bridgehead atoms. The fourth-order valence-corrected chi connectivity index (χ4v) is 3.27. The number of thiophene rings is 1. The van der Waals surface area contributed by atoms with Crippen molar-refractivity contribution in [2.45, 2.75) is 26.3 Å². The predicted octanol–water partition coefficient (Wildman–Crippen LogP) is 3.63. The lowest BCUT2D eigenvalue weighted by Gasteiger charge is -2.30. The molecule has 0 saturated carbocycles. The van der Waals surface area contributed by atoms with Crippen molar-refractivity contribution in [3.05, 3.63) is 46.3 Å². The molecule has 0 unspecified atom stereocenters. The van der Waals surface area contributed by atoms with E-state index in [1.807, 2.05) is 17.0 Å². The first-order chi connectivity index (χ1) is 10.7. The van der Waals surface area contributed by atoms with Gasteiger partial charge in [-0.15, -0.1) is 0 Å². The molecule has 0 radical (unpaired) electrons. The summed E-state index contributed by atoms with van der Waals surface area (Å²) in [5.74, 6) is 1.63. The van der Waals surface area contributed by atoms with Gasteiger partial charge >= 0.3 is 0 Å². The summed E-state index contributed by atoms with van der Waals surface area (Å²) >= 11 is 1.69. The molecule has 0 aliphatic carbocycles. The Hall–Kier alpha value is -1.88. The van der Waals surface area contributed by atoms with Gasteiger partial charge in [0, 0.05) is 25.8 Å². The molecule has 0 aromatic carbocycles. The molecule has 2 aromatic rings. The van der Waals surface area contributed by atoms with Crippen molar-refractivity contribution >= 4 is 23.1 Å². The quantitative estimate of drug-likeness (QED) is 0.937. The van der Waals surface area contributed by atoms with Crippen LogP contribution in [0.15, 0.2) is 35.2 Å². The van der Waals surface area contributed by atoms with E-state index in [1.165, 1.54) is 5.56 Å². The fraction of sp³-hybridized carbons (Fsp3) is 0.412. The van der Waals surface area contributed by atoms with Gasteiger partial charge in [-0.05, 0) is 53.3 Å². The molecule has 1 amide bonds. The molecule has 3 heterocycles. The van der Waals surface area contributed by atoms with Gasteiger partial charge in [0.2, 0.25) is 0 Å². The Balaban J connectivity index is 1.57. The standard InChI is InChI=1S/C17H21N3OS/c1-13-4-7-20(8-5-13)17(21)15-2-3-16(19-11-15)18-10-14-6-9-22-12-14/h2-3,6,9,11-13H,4-5,7-8,10H2,1H3,(H,18,19). The van der Waals surface area contributed by atoms with Crippen LogP contribution in [0.1, 0.15) is 35.7 Å². The number of hydrogen-bond donors (Lipinski definition) is 1. The van der Waals surface area contributed by atoms with Crippen LogP contribution in [-0.2, 0) is 6.54 Å². The number of pyridine rings is 1. The molecule has 0 atom stereocenters. The zero-order chi connectivity index (χ0) is 15.4. The smallest absolute Gasteiger partial charge is 0.255 e. The molecule has 116 valence electrons. The number of nitrogens with zero attached hydrogens (tertiary/aromatic N) is 2. The molecule has 4 nitrogen and oxygen atoms in total. The lowest BCUT2D eigenvalue weighted by atomic mass is 9.99. The molecular formula is C17H21N3OS. The van der Waals surface area contributed by atoms with E-state index in [4.69, 9.17) is 0 Å². The van der Waals surface area contributed by atoms with Crippen molar-refractivity contribution in [3.63, 3.8) is 0 Å². The molecule has 0 spiro atoms. The lowest BCUT2D eigenvalue weighted by molar-refractivity contribution is 0.0697. The van der Waals surface area contributed by atoms with Gasteiger partial charge < -0.3 is 10.2 Å². The molecule has 1 aliphatic rings. The Morgan fingerprint density at radius 1 is 1.36 bits per heavy atom. The predicted molar refractivity (Wildman–Crippen MR) is 90.2 cm³/mol. The van der Waals surface area contributed by atoms with Crippen LogP contribution in [-0.4, -0.2) is 28.9 Å². The zero-order valence-corrected chi connectivity index (χ0v) is 13.6. The Labute approximate surface area is 135 Å². The molecule has 1 fully saturated rings. The third kappa shape index (κ3) is 3.65. The van der Waals surface area contributed by atoms with E-state index in [1.54, 1.807) is 17.5 Å². The van der Waals surface area contributed by atoms with Crippen LogP contribution in [0.3, 0.4) is 0 Å². The molecule has 1 N–H and O–H groups in total. The fourth-order valence-electron chi connectivity index (χ4n) is 2.61. The van der Waals surface area contributed by atoms with E-state index in [9.17, 15) is 4.79 Å². The minimum absolute atomic E-state index is 0.101. The van der Waals surface area contributed by atoms with Crippen molar-refractivity contribution in [1.29, 1.82) is 0 Å². The summed E-state index contributed by atoms with van der Waals surface area (Å²) < 4.78 is 0. The van der Waals surface area contributed by atoms with Crippen LogP contribution in [0.2, 0.25) is 0 Å². The second kappa shape index (κ2) is 6.92. The summed E-state index contributed by atoms with van der Waals surface area (Å²) in [5, 5.41) is 7.44. The number of piperidine rings is 1. The summed E-state index contributed by atoms with van der Waals surface area (Å²) in [6, 6.07) is 5.84. The summed E-state index contributed by atoms with van der Waals surface area (Å²) in [6.07, 6.45) is 3.87. The number of carbonyl (C=O) groups is 1. The van der Waals surface area contributed by atoms with Crippen LogP contribution < -0.4 is 5.32 Å². The van der Waals surface area contributed by atoms with Crippen LogP contribution in [0.4, 0.5) is 5.82 Å².